The lowest BCUT2D eigenvalue weighted by atomic mass is 10.2. The summed E-state index contributed by atoms with van der Waals surface area (Å²) in [7, 11) is 1.67. The summed E-state index contributed by atoms with van der Waals surface area (Å²) < 4.78 is 10.8. The van der Waals surface area contributed by atoms with Crippen LogP contribution >= 0.6 is 0 Å². The van der Waals surface area contributed by atoms with Crippen LogP contribution in [0.25, 0.3) is 0 Å². The third kappa shape index (κ3) is 6.43. The first-order valence-corrected chi connectivity index (χ1v) is 7.04. The molecule has 0 amide bonds. The van der Waals surface area contributed by atoms with Gasteiger partial charge in [0.05, 0.1) is 13.7 Å². The molecule has 0 atom stereocenters. The van der Waals surface area contributed by atoms with Crippen LogP contribution in [0.1, 0.15) is 18.9 Å². The highest BCUT2D eigenvalue weighted by atomic mass is 16.5. The molecule has 0 aliphatic carbocycles. The zero-order valence-electron chi connectivity index (χ0n) is 12.7. The summed E-state index contributed by atoms with van der Waals surface area (Å²) in [6.07, 6.45) is 7.04. The quantitative estimate of drug-likeness (QED) is 0.421. The van der Waals surface area contributed by atoms with E-state index < -0.39 is 0 Å². The van der Waals surface area contributed by atoms with Crippen molar-refractivity contribution in [2.24, 2.45) is 0 Å². The third-order valence-corrected chi connectivity index (χ3v) is 2.87. The molecular formula is C17H25NO2. The molecule has 1 aromatic rings. The number of anilines is 1. The molecule has 0 heterocycles. The molecule has 0 radical (unpaired) electrons. The van der Waals surface area contributed by atoms with Crippen LogP contribution in [-0.2, 0) is 9.47 Å². The number of allylic oxidation sites excluding steroid dienone is 3. The number of methoxy groups -OCH3 is 1. The number of hydrogen-bond donors (Lipinski definition) is 1. The highest BCUT2D eigenvalue weighted by Crippen LogP contribution is 2.12. The fraction of sp³-hybridized carbons (Fsp3) is 0.412. The van der Waals surface area contributed by atoms with Crippen LogP contribution in [-0.4, -0.2) is 26.9 Å². The molecule has 0 unspecified atom stereocenters. The number of hydrogen-bond acceptors (Lipinski definition) is 3. The molecule has 3 heteroatoms. The molecule has 0 fully saturated rings. The number of benzene rings is 1. The van der Waals surface area contributed by atoms with Gasteiger partial charge in [-0.1, -0.05) is 37.3 Å². The maximum atomic E-state index is 5.59. The summed E-state index contributed by atoms with van der Waals surface area (Å²) >= 11 is 0. The lowest BCUT2D eigenvalue weighted by Crippen LogP contribution is -2.11. The van der Waals surface area contributed by atoms with Crippen molar-refractivity contribution in [1.82, 2.24) is 0 Å². The van der Waals surface area contributed by atoms with Crippen LogP contribution < -0.4 is 5.32 Å². The molecule has 1 aromatic carbocycles. The van der Waals surface area contributed by atoms with Crippen LogP contribution in [0, 0.1) is 6.92 Å². The maximum Gasteiger partial charge on any atom is 0.121 e. The van der Waals surface area contributed by atoms with Crippen molar-refractivity contribution in [3.05, 3.63) is 53.8 Å². The van der Waals surface area contributed by atoms with Crippen molar-refractivity contribution in [2.45, 2.75) is 20.3 Å². The van der Waals surface area contributed by atoms with Crippen molar-refractivity contribution in [2.75, 3.05) is 32.2 Å². The summed E-state index contributed by atoms with van der Waals surface area (Å²) in [4.78, 5) is 0. The monoisotopic (exact) mass is 275 g/mol. The molecule has 0 aliphatic rings. The summed E-state index contributed by atoms with van der Waals surface area (Å²) in [5.41, 5.74) is 2.40. The highest BCUT2D eigenvalue weighted by Gasteiger charge is 1.97. The Hall–Kier alpha value is -1.74. The minimum absolute atomic E-state index is 0.500. The average Bonchev–Trinajstić information content (AvgIpc) is 2.47. The lowest BCUT2D eigenvalue weighted by molar-refractivity contribution is 0.122. The second-order valence-electron chi connectivity index (χ2n) is 4.47. The number of ether oxygens (including phenoxy) is 2. The second kappa shape index (κ2) is 10.1. The number of nitrogens with one attached hydrogen (secondary N) is 1. The van der Waals surface area contributed by atoms with E-state index in [1.54, 1.807) is 7.11 Å². The molecule has 20 heavy (non-hydrogen) atoms. The topological polar surface area (TPSA) is 30.5 Å². The van der Waals surface area contributed by atoms with Crippen LogP contribution in [0.15, 0.2) is 48.3 Å². The predicted octanol–water partition coefficient (Wildman–Crippen LogP) is 3.92. The van der Waals surface area contributed by atoms with E-state index in [-0.39, 0.29) is 0 Å². The van der Waals surface area contributed by atoms with Gasteiger partial charge in [0, 0.05) is 12.2 Å². The molecule has 0 saturated carbocycles. The maximum absolute atomic E-state index is 5.59. The van der Waals surface area contributed by atoms with E-state index in [9.17, 15) is 0 Å². The van der Waals surface area contributed by atoms with Crippen molar-refractivity contribution < 1.29 is 9.47 Å². The molecule has 0 aliphatic heterocycles. The van der Waals surface area contributed by atoms with Gasteiger partial charge >= 0.3 is 0 Å². The normalized spacial score (nSPS) is 11.8. The van der Waals surface area contributed by atoms with Gasteiger partial charge < -0.3 is 14.8 Å². The van der Waals surface area contributed by atoms with Crippen LogP contribution in [0.3, 0.4) is 0 Å². The summed E-state index contributed by atoms with van der Waals surface area (Å²) in [5.74, 6) is 0.839. The fourth-order valence-electron chi connectivity index (χ4n) is 1.69. The molecule has 1 rings (SSSR count). The van der Waals surface area contributed by atoms with Gasteiger partial charge in [0.25, 0.3) is 0 Å². The Morgan fingerprint density at radius 2 is 2.10 bits per heavy atom. The van der Waals surface area contributed by atoms with Gasteiger partial charge in [0.2, 0.25) is 0 Å². The Morgan fingerprint density at radius 3 is 2.80 bits per heavy atom. The number of rotatable bonds is 9. The van der Waals surface area contributed by atoms with E-state index in [0.29, 0.717) is 13.2 Å². The molecule has 3 nitrogen and oxygen atoms in total. The van der Waals surface area contributed by atoms with E-state index in [0.717, 1.165) is 24.4 Å². The average molecular weight is 275 g/mol. The standard InChI is InChI=1S/C17H25NO2/c1-4-5-6-10-16(19-3)14-20-13-12-18-17-11-8-7-9-15(17)2/h5-11,18H,4,12-14H2,1-3H3/b6-5-,16-10+. The SMILES string of the molecule is CC/C=C\C=C(/COCCNc1ccccc1C)OC. The van der Waals surface area contributed by atoms with Crippen LogP contribution in [0.4, 0.5) is 5.69 Å². The smallest absolute Gasteiger partial charge is 0.121 e. The van der Waals surface area contributed by atoms with Gasteiger partial charge in [-0.2, -0.15) is 0 Å². The molecule has 0 spiro atoms. The Morgan fingerprint density at radius 1 is 1.30 bits per heavy atom. The minimum atomic E-state index is 0.500. The Bertz CT molecular complexity index is 438. The zero-order chi connectivity index (χ0) is 14.6. The van der Waals surface area contributed by atoms with Gasteiger partial charge in [-0.05, 0) is 31.1 Å². The number of aryl methyl sites for hydroxylation is 1. The van der Waals surface area contributed by atoms with E-state index in [4.69, 9.17) is 9.47 Å². The fourth-order valence-corrected chi connectivity index (χ4v) is 1.69. The first-order valence-electron chi connectivity index (χ1n) is 7.04. The van der Waals surface area contributed by atoms with E-state index in [1.165, 1.54) is 5.56 Å². The van der Waals surface area contributed by atoms with Gasteiger partial charge in [-0.15, -0.1) is 0 Å². The van der Waals surface area contributed by atoms with E-state index in [1.807, 2.05) is 24.3 Å². The van der Waals surface area contributed by atoms with Gasteiger partial charge in [0.1, 0.15) is 12.4 Å². The van der Waals surface area contributed by atoms with E-state index in [2.05, 4.69) is 37.4 Å². The lowest BCUT2D eigenvalue weighted by Gasteiger charge is -2.10. The van der Waals surface area contributed by atoms with Gasteiger partial charge in [0.15, 0.2) is 0 Å². The molecule has 1 N–H and O–H groups in total. The Balaban J connectivity index is 2.23. The molecule has 110 valence electrons. The van der Waals surface area contributed by atoms with Crippen molar-refractivity contribution >= 4 is 5.69 Å². The van der Waals surface area contributed by atoms with Crippen LogP contribution in [0.2, 0.25) is 0 Å². The van der Waals surface area contributed by atoms with E-state index >= 15 is 0 Å². The summed E-state index contributed by atoms with van der Waals surface area (Å²) in [5, 5.41) is 3.36. The predicted molar refractivity (Wildman–Crippen MR) is 85.0 cm³/mol. The van der Waals surface area contributed by atoms with Gasteiger partial charge in [-0.25, -0.2) is 0 Å². The first kappa shape index (κ1) is 16.3. The highest BCUT2D eigenvalue weighted by molar-refractivity contribution is 5.50. The number of para-hydroxylation sites is 1. The van der Waals surface area contributed by atoms with Crippen molar-refractivity contribution in [1.29, 1.82) is 0 Å². The van der Waals surface area contributed by atoms with Crippen molar-refractivity contribution in [3.63, 3.8) is 0 Å². The first-order chi connectivity index (χ1) is 9.77. The Kier molecular flexibility index (Phi) is 8.24. The van der Waals surface area contributed by atoms with Gasteiger partial charge in [-0.3, -0.25) is 0 Å². The summed E-state index contributed by atoms with van der Waals surface area (Å²) in [6.45, 7) is 6.12. The molecule has 0 bridgehead atoms. The molecule has 0 saturated heterocycles. The third-order valence-electron chi connectivity index (χ3n) is 2.87. The Labute approximate surface area is 122 Å². The largest absolute Gasteiger partial charge is 0.499 e. The van der Waals surface area contributed by atoms with Crippen LogP contribution in [0.5, 0.6) is 0 Å². The van der Waals surface area contributed by atoms with Crippen molar-refractivity contribution in [3.8, 4) is 0 Å². The molecular weight excluding hydrogens is 250 g/mol. The minimum Gasteiger partial charge on any atom is -0.499 e. The second-order valence-corrected chi connectivity index (χ2v) is 4.47. The zero-order valence-corrected chi connectivity index (χ0v) is 12.7. The summed E-state index contributed by atoms with van der Waals surface area (Å²) in [6, 6.07) is 8.24. The molecule has 0 aromatic heterocycles.